The summed E-state index contributed by atoms with van der Waals surface area (Å²) in [6.07, 6.45) is 1.50. The summed E-state index contributed by atoms with van der Waals surface area (Å²) in [6, 6.07) is 7.08. The number of aromatic hydroxyl groups is 1. The van der Waals surface area contributed by atoms with Crippen LogP contribution >= 0.6 is 0 Å². The number of benzene rings is 1. The van der Waals surface area contributed by atoms with Crippen molar-refractivity contribution in [2.24, 2.45) is 0 Å². The van der Waals surface area contributed by atoms with E-state index in [1.807, 2.05) is 0 Å². The van der Waals surface area contributed by atoms with E-state index in [0.717, 1.165) is 0 Å². The number of hydrogen-bond donors (Lipinski definition) is 4. The number of aromatic nitrogens is 1. The minimum Gasteiger partial charge on any atom is -0.507 e. The first-order valence-corrected chi connectivity index (χ1v) is 6.02. The maximum Gasteiger partial charge on any atom is 0.339 e. The van der Waals surface area contributed by atoms with Crippen LogP contribution in [0.25, 0.3) is 0 Å². The second-order valence-corrected chi connectivity index (χ2v) is 4.34. The number of aromatic carboxylic acids is 1. The van der Waals surface area contributed by atoms with Crippen LogP contribution < -0.4 is 11.1 Å². The number of carbonyl (C=O) groups is 2. The lowest BCUT2D eigenvalue weighted by Gasteiger charge is -2.07. The maximum atomic E-state index is 11.8. The standard InChI is InChI=1S/C14H13N3O4/c15-8-1-2-9(16-7-8)6-13(19)17-10-3-4-11(14(20)21)12(18)5-10/h1-5,7,18H,6,15H2,(H,17,19)(H,20,21). The smallest absolute Gasteiger partial charge is 0.339 e. The van der Waals surface area contributed by atoms with Crippen molar-refractivity contribution in [1.82, 2.24) is 4.98 Å². The highest BCUT2D eigenvalue weighted by Crippen LogP contribution is 2.22. The topological polar surface area (TPSA) is 126 Å². The van der Waals surface area contributed by atoms with Gasteiger partial charge in [-0.05, 0) is 24.3 Å². The van der Waals surface area contributed by atoms with Crippen molar-refractivity contribution in [2.45, 2.75) is 6.42 Å². The van der Waals surface area contributed by atoms with E-state index in [2.05, 4.69) is 10.3 Å². The molecule has 2 aromatic rings. The summed E-state index contributed by atoms with van der Waals surface area (Å²) in [4.78, 5) is 26.6. The zero-order valence-corrected chi connectivity index (χ0v) is 10.9. The lowest BCUT2D eigenvalue weighted by atomic mass is 10.1. The van der Waals surface area contributed by atoms with Crippen LogP contribution in [0, 0.1) is 0 Å². The molecule has 108 valence electrons. The number of carboxylic acids is 1. The van der Waals surface area contributed by atoms with Gasteiger partial charge in [-0.25, -0.2) is 4.79 Å². The Kier molecular flexibility index (Phi) is 4.03. The fourth-order valence-corrected chi connectivity index (χ4v) is 1.70. The summed E-state index contributed by atoms with van der Waals surface area (Å²) in [5.74, 6) is -1.99. The quantitative estimate of drug-likeness (QED) is 0.670. The van der Waals surface area contributed by atoms with Gasteiger partial charge in [-0.1, -0.05) is 0 Å². The predicted molar refractivity (Wildman–Crippen MR) is 76.0 cm³/mol. The number of nitrogen functional groups attached to an aromatic ring is 1. The molecule has 0 bridgehead atoms. The van der Waals surface area contributed by atoms with E-state index in [0.29, 0.717) is 17.1 Å². The van der Waals surface area contributed by atoms with Crippen molar-refractivity contribution in [2.75, 3.05) is 11.1 Å². The molecule has 2 rings (SSSR count). The SMILES string of the molecule is Nc1ccc(CC(=O)Nc2ccc(C(=O)O)c(O)c2)nc1. The summed E-state index contributed by atoms with van der Waals surface area (Å²) in [5.41, 5.74) is 6.63. The molecule has 1 aromatic carbocycles. The van der Waals surface area contributed by atoms with Crippen LogP contribution in [0.15, 0.2) is 36.5 Å². The molecule has 5 N–H and O–H groups in total. The fourth-order valence-electron chi connectivity index (χ4n) is 1.70. The Morgan fingerprint density at radius 1 is 1.24 bits per heavy atom. The van der Waals surface area contributed by atoms with Crippen molar-refractivity contribution < 1.29 is 19.8 Å². The summed E-state index contributed by atoms with van der Waals surface area (Å²) in [7, 11) is 0. The molecule has 0 unspecified atom stereocenters. The average Bonchev–Trinajstić information content (AvgIpc) is 2.41. The third-order valence-electron chi connectivity index (χ3n) is 2.70. The first kappa shape index (κ1) is 14.3. The van der Waals surface area contributed by atoms with Crippen LogP contribution in [-0.4, -0.2) is 27.1 Å². The molecular formula is C14H13N3O4. The molecule has 1 aromatic heterocycles. The Morgan fingerprint density at radius 2 is 2.00 bits per heavy atom. The van der Waals surface area contributed by atoms with E-state index in [-0.39, 0.29) is 17.9 Å². The molecule has 21 heavy (non-hydrogen) atoms. The number of carboxylic acid groups (broad SMARTS) is 1. The van der Waals surface area contributed by atoms with Gasteiger partial charge in [0.2, 0.25) is 5.91 Å². The number of anilines is 2. The largest absolute Gasteiger partial charge is 0.507 e. The molecule has 0 saturated heterocycles. The Bertz CT molecular complexity index is 683. The van der Waals surface area contributed by atoms with E-state index < -0.39 is 11.7 Å². The van der Waals surface area contributed by atoms with Crippen molar-refractivity contribution >= 4 is 23.3 Å². The molecule has 0 spiro atoms. The second kappa shape index (κ2) is 5.91. The molecular weight excluding hydrogens is 274 g/mol. The number of hydrogen-bond acceptors (Lipinski definition) is 5. The van der Waals surface area contributed by atoms with E-state index in [9.17, 15) is 14.7 Å². The van der Waals surface area contributed by atoms with Crippen molar-refractivity contribution in [1.29, 1.82) is 0 Å². The van der Waals surface area contributed by atoms with Gasteiger partial charge in [0.15, 0.2) is 0 Å². The molecule has 7 nitrogen and oxygen atoms in total. The molecule has 0 aliphatic heterocycles. The molecule has 0 aliphatic rings. The predicted octanol–water partition coefficient (Wildman–Crippen LogP) is 1.25. The highest BCUT2D eigenvalue weighted by atomic mass is 16.4. The highest BCUT2D eigenvalue weighted by Gasteiger charge is 2.11. The van der Waals surface area contributed by atoms with Gasteiger partial charge < -0.3 is 21.3 Å². The number of rotatable bonds is 4. The Labute approximate surface area is 120 Å². The first-order valence-electron chi connectivity index (χ1n) is 6.02. The molecule has 7 heteroatoms. The van der Waals surface area contributed by atoms with Gasteiger partial charge in [0.25, 0.3) is 0 Å². The number of phenols is 1. The van der Waals surface area contributed by atoms with Gasteiger partial charge in [0, 0.05) is 17.4 Å². The molecule has 0 aliphatic carbocycles. The summed E-state index contributed by atoms with van der Waals surface area (Å²) in [6.45, 7) is 0. The highest BCUT2D eigenvalue weighted by molar-refractivity contribution is 5.95. The number of nitrogens with zero attached hydrogens (tertiary/aromatic N) is 1. The van der Waals surface area contributed by atoms with Crippen LogP contribution in [-0.2, 0) is 11.2 Å². The number of pyridine rings is 1. The van der Waals surface area contributed by atoms with Crippen LogP contribution in [0.4, 0.5) is 11.4 Å². The molecule has 1 heterocycles. The number of carbonyl (C=O) groups excluding carboxylic acids is 1. The summed E-state index contributed by atoms with van der Waals surface area (Å²) < 4.78 is 0. The van der Waals surface area contributed by atoms with Gasteiger partial charge >= 0.3 is 5.97 Å². The van der Waals surface area contributed by atoms with E-state index in [1.165, 1.54) is 24.4 Å². The van der Waals surface area contributed by atoms with Crippen molar-refractivity contribution in [3.05, 3.63) is 47.8 Å². The van der Waals surface area contributed by atoms with Gasteiger partial charge in [0.05, 0.1) is 18.3 Å². The lowest BCUT2D eigenvalue weighted by molar-refractivity contribution is -0.115. The van der Waals surface area contributed by atoms with Crippen LogP contribution in [0.3, 0.4) is 0 Å². The minimum absolute atomic E-state index is 0.0434. The van der Waals surface area contributed by atoms with E-state index in [1.54, 1.807) is 12.1 Å². The number of nitrogens with one attached hydrogen (secondary N) is 1. The zero-order valence-electron chi connectivity index (χ0n) is 10.9. The van der Waals surface area contributed by atoms with Gasteiger partial charge in [0.1, 0.15) is 11.3 Å². The van der Waals surface area contributed by atoms with Crippen molar-refractivity contribution in [3.8, 4) is 5.75 Å². The van der Waals surface area contributed by atoms with Gasteiger partial charge in [-0.15, -0.1) is 0 Å². The first-order chi connectivity index (χ1) is 9.95. The van der Waals surface area contributed by atoms with Gasteiger partial charge in [-0.2, -0.15) is 0 Å². The number of nitrogens with two attached hydrogens (primary N) is 1. The molecule has 0 saturated carbocycles. The third kappa shape index (κ3) is 3.69. The lowest BCUT2D eigenvalue weighted by Crippen LogP contribution is -2.15. The number of amides is 1. The molecule has 0 radical (unpaired) electrons. The maximum absolute atomic E-state index is 11.8. The second-order valence-electron chi connectivity index (χ2n) is 4.34. The minimum atomic E-state index is -1.24. The van der Waals surface area contributed by atoms with E-state index in [4.69, 9.17) is 10.8 Å². The summed E-state index contributed by atoms with van der Waals surface area (Å²) in [5, 5.41) is 20.9. The fraction of sp³-hybridized carbons (Fsp3) is 0.0714. The average molecular weight is 287 g/mol. The summed E-state index contributed by atoms with van der Waals surface area (Å²) >= 11 is 0. The Morgan fingerprint density at radius 3 is 2.57 bits per heavy atom. The van der Waals surface area contributed by atoms with Crippen LogP contribution in [0.2, 0.25) is 0 Å². The monoisotopic (exact) mass is 287 g/mol. The zero-order chi connectivity index (χ0) is 15.4. The Balaban J connectivity index is 2.04. The van der Waals surface area contributed by atoms with Gasteiger partial charge in [-0.3, -0.25) is 9.78 Å². The Hall–Kier alpha value is -3.09. The van der Waals surface area contributed by atoms with Crippen molar-refractivity contribution in [3.63, 3.8) is 0 Å². The van der Waals surface area contributed by atoms with E-state index >= 15 is 0 Å². The van der Waals surface area contributed by atoms with Crippen LogP contribution in [0.1, 0.15) is 16.1 Å². The molecule has 0 atom stereocenters. The molecule has 0 fully saturated rings. The third-order valence-corrected chi connectivity index (χ3v) is 2.70. The normalized spacial score (nSPS) is 10.1. The molecule has 1 amide bonds. The van der Waals surface area contributed by atoms with Crippen LogP contribution in [0.5, 0.6) is 5.75 Å².